The molecule has 1 fully saturated rings. The van der Waals surface area contributed by atoms with Gasteiger partial charge >= 0.3 is 7.62 Å². The summed E-state index contributed by atoms with van der Waals surface area (Å²) in [7, 11) is 2.34. The van der Waals surface area contributed by atoms with Crippen molar-refractivity contribution >= 4 is 46.3 Å². The summed E-state index contributed by atoms with van der Waals surface area (Å²) in [4.78, 5) is 30.8. The number of thiophene rings is 1. The number of piperazine rings is 1. The molecule has 33 heavy (non-hydrogen) atoms. The van der Waals surface area contributed by atoms with Crippen LogP contribution in [-0.2, 0) is 4.65 Å². The lowest BCUT2D eigenvalue weighted by Gasteiger charge is -2.36. The zero-order valence-corrected chi connectivity index (χ0v) is 19.1. The van der Waals surface area contributed by atoms with Gasteiger partial charge in [-0.25, -0.2) is 9.97 Å². The number of hydrogen-bond donors (Lipinski definition) is 1. The zero-order chi connectivity index (χ0) is 22.6. The summed E-state index contributed by atoms with van der Waals surface area (Å²) in [5.41, 5.74) is 2.87. The fraction of sp³-hybridized carbons (Fsp3) is 0.217. The van der Waals surface area contributed by atoms with Crippen LogP contribution < -0.4 is 10.2 Å². The Morgan fingerprint density at radius 3 is 2.82 bits per heavy atom. The first kappa shape index (κ1) is 21.5. The smallest absolute Gasteiger partial charge is 0.363 e. The first-order valence-electron chi connectivity index (χ1n) is 10.7. The molecule has 1 N–H and O–H groups in total. The molecule has 4 heterocycles. The molecule has 3 aromatic heterocycles. The van der Waals surface area contributed by atoms with Crippen molar-refractivity contribution < 1.29 is 9.45 Å². The van der Waals surface area contributed by atoms with E-state index in [1.165, 1.54) is 0 Å². The average Bonchev–Trinajstić information content (AvgIpc) is 3.30. The number of nitrogens with zero attached hydrogens (tertiary/aromatic N) is 5. The highest BCUT2D eigenvalue weighted by Crippen LogP contribution is 2.32. The molecule has 0 unspecified atom stereocenters. The Kier molecular flexibility index (Phi) is 6.29. The standard InChI is InChI=1S/C23H23BN6O2S/c1-32-24-30-12-10-29(11-13-30)20-7-8-25-14-19(20)28-23(31)18-6-9-26-22(27-18)17-15-33-21-5-3-2-4-16(17)21/h2-9,14-15,24H,10-13H2,1H3,(H,28,31). The van der Waals surface area contributed by atoms with E-state index in [0.29, 0.717) is 24.8 Å². The van der Waals surface area contributed by atoms with Crippen LogP contribution in [-0.4, -0.2) is 66.6 Å². The maximum absolute atomic E-state index is 13.1. The molecule has 0 saturated carbocycles. The minimum atomic E-state index is -0.287. The summed E-state index contributed by atoms with van der Waals surface area (Å²) < 4.78 is 6.40. The van der Waals surface area contributed by atoms with Gasteiger partial charge in [0.25, 0.3) is 5.91 Å². The summed E-state index contributed by atoms with van der Waals surface area (Å²) in [5.74, 6) is 0.256. The van der Waals surface area contributed by atoms with E-state index < -0.39 is 0 Å². The van der Waals surface area contributed by atoms with E-state index in [2.05, 4.69) is 36.0 Å². The second-order valence-electron chi connectivity index (χ2n) is 7.78. The molecule has 10 heteroatoms. The monoisotopic (exact) mass is 458 g/mol. The molecule has 1 amide bonds. The predicted octanol–water partition coefficient (Wildman–Crippen LogP) is 3.04. The number of carbonyl (C=O) groups is 1. The molecule has 0 radical (unpaired) electrons. The molecule has 1 aliphatic heterocycles. The van der Waals surface area contributed by atoms with Gasteiger partial charge in [0.15, 0.2) is 5.82 Å². The van der Waals surface area contributed by atoms with E-state index in [-0.39, 0.29) is 5.91 Å². The van der Waals surface area contributed by atoms with Crippen LogP contribution in [0.15, 0.2) is 60.4 Å². The number of fused-ring (bicyclic) bond motifs is 1. The normalized spacial score (nSPS) is 14.4. The fourth-order valence-corrected chi connectivity index (χ4v) is 4.95. The number of aromatic nitrogens is 3. The summed E-state index contributed by atoms with van der Waals surface area (Å²) in [6, 6.07) is 11.7. The molecule has 0 spiro atoms. The van der Waals surface area contributed by atoms with Crippen LogP contribution in [0, 0.1) is 0 Å². The minimum Gasteiger partial charge on any atom is -0.427 e. The van der Waals surface area contributed by atoms with Gasteiger partial charge in [-0.2, -0.15) is 0 Å². The minimum absolute atomic E-state index is 0.287. The van der Waals surface area contributed by atoms with Gasteiger partial charge in [0, 0.05) is 66.7 Å². The van der Waals surface area contributed by atoms with Gasteiger partial charge in [-0.1, -0.05) is 18.2 Å². The number of hydrogen-bond acceptors (Lipinski definition) is 8. The number of carbonyl (C=O) groups excluding carboxylic acids is 1. The first-order valence-corrected chi connectivity index (χ1v) is 11.6. The molecule has 8 nitrogen and oxygen atoms in total. The second kappa shape index (κ2) is 9.66. The van der Waals surface area contributed by atoms with E-state index in [9.17, 15) is 4.79 Å². The number of benzene rings is 1. The highest BCUT2D eigenvalue weighted by molar-refractivity contribution is 7.17. The molecule has 0 aliphatic carbocycles. The third-order valence-corrected chi connectivity index (χ3v) is 6.64. The van der Waals surface area contributed by atoms with Crippen LogP contribution >= 0.6 is 11.3 Å². The Morgan fingerprint density at radius 1 is 1.12 bits per heavy atom. The van der Waals surface area contributed by atoms with Crippen LogP contribution in [0.2, 0.25) is 0 Å². The Balaban J connectivity index is 1.35. The summed E-state index contributed by atoms with van der Waals surface area (Å²) >= 11 is 1.64. The third-order valence-electron chi connectivity index (χ3n) is 5.68. The molecule has 4 aromatic rings. The Bertz CT molecular complexity index is 1270. The molecular formula is C23H23BN6O2S. The summed E-state index contributed by atoms with van der Waals surface area (Å²) in [6.07, 6.45) is 5.06. The SMILES string of the molecule is COBN1CCN(c2ccncc2NC(=O)c2ccnc(-c3csc4ccccc34)n2)CC1. The Morgan fingerprint density at radius 2 is 1.97 bits per heavy atom. The van der Waals surface area contributed by atoms with Crippen molar-refractivity contribution in [3.63, 3.8) is 0 Å². The van der Waals surface area contributed by atoms with Crippen LogP contribution in [0.4, 0.5) is 11.4 Å². The number of amides is 1. The molecule has 1 aliphatic rings. The van der Waals surface area contributed by atoms with E-state index in [0.717, 1.165) is 47.5 Å². The topological polar surface area (TPSA) is 83.5 Å². The largest absolute Gasteiger partial charge is 0.427 e. The molecular weight excluding hydrogens is 435 g/mol. The van der Waals surface area contributed by atoms with Crippen LogP contribution in [0.5, 0.6) is 0 Å². The van der Waals surface area contributed by atoms with Crippen molar-refractivity contribution in [2.45, 2.75) is 0 Å². The van der Waals surface area contributed by atoms with Crippen molar-refractivity contribution in [3.8, 4) is 11.4 Å². The Labute approximate surface area is 196 Å². The van der Waals surface area contributed by atoms with E-state index in [1.807, 2.05) is 29.6 Å². The van der Waals surface area contributed by atoms with Gasteiger partial charge in [0.05, 0.1) is 17.6 Å². The quantitative estimate of drug-likeness (QED) is 0.445. The molecule has 0 bridgehead atoms. The highest BCUT2D eigenvalue weighted by atomic mass is 32.1. The molecule has 1 aromatic carbocycles. The van der Waals surface area contributed by atoms with Gasteiger partial charge in [-0.05, 0) is 18.2 Å². The highest BCUT2D eigenvalue weighted by Gasteiger charge is 2.21. The average molecular weight is 458 g/mol. The Hall–Kier alpha value is -3.34. The molecule has 0 atom stereocenters. The predicted molar refractivity (Wildman–Crippen MR) is 133 cm³/mol. The van der Waals surface area contributed by atoms with E-state index in [1.54, 1.807) is 43.1 Å². The van der Waals surface area contributed by atoms with Crippen LogP contribution in [0.3, 0.4) is 0 Å². The van der Waals surface area contributed by atoms with Gasteiger partial charge in [-0.15, -0.1) is 11.3 Å². The number of rotatable bonds is 6. The number of pyridine rings is 1. The van der Waals surface area contributed by atoms with Gasteiger partial charge in [0.1, 0.15) is 5.69 Å². The molecule has 166 valence electrons. The number of anilines is 2. The molecule has 5 rings (SSSR count). The van der Waals surface area contributed by atoms with Crippen molar-refractivity contribution in [2.75, 3.05) is 43.5 Å². The van der Waals surface area contributed by atoms with Gasteiger partial charge in [0.2, 0.25) is 0 Å². The summed E-state index contributed by atoms with van der Waals surface area (Å²) in [6.45, 7) is 3.49. The van der Waals surface area contributed by atoms with Crippen LogP contribution in [0.1, 0.15) is 10.5 Å². The van der Waals surface area contributed by atoms with Crippen molar-refractivity contribution in [3.05, 3.63) is 66.1 Å². The van der Waals surface area contributed by atoms with Crippen molar-refractivity contribution in [1.82, 2.24) is 19.8 Å². The first-order chi connectivity index (χ1) is 16.2. The second-order valence-corrected chi connectivity index (χ2v) is 8.69. The van der Waals surface area contributed by atoms with Crippen molar-refractivity contribution in [1.29, 1.82) is 0 Å². The van der Waals surface area contributed by atoms with E-state index in [4.69, 9.17) is 4.65 Å². The van der Waals surface area contributed by atoms with Gasteiger partial charge in [-0.3, -0.25) is 9.78 Å². The third kappa shape index (κ3) is 4.59. The lowest BCUT2D eigenvalue weighted by molar-refractivity contribution is 0.102. The van der Waals surface area contributed by atoms with Crippen LogP contribution in [0.25, 0.3) is 21.5 Å². The maximum Gasteiger partial charge on any atom is 0.363 e. The van der Waals surface area contributed by atoms with E-state index >= 15 is 0 Å². The molecule has 1 saturated heterocycles. The maximum atomic E-state index is 13.1. The lowest BCUT2D eigenvalue weighted by atomic mass is 10.1. The fourth-order valence-electron chi connectivity index (χ4n) is 4.01. The summed E-state index contributed by atoms with van der Waals surface area (Å²) in [5, 5.41) is 6.12. The van der Waals surface area contributed by atoms with Gasteiger partial charge < -0.3 is 19.7 Å². The zero-order valence-electron chi connectivity index (χ0n) is 18.3. The van der Waals surface area contributed by atoms with Crippen molar-refractivity contribution in [2.24, 2.45) is 0 Å². The number of nitrogens with one attached hydrogen (secondary N) is 1. The lowest BCUT2D eigenvalue weighted by Crippen LogP contribution is -2.48.